The van der Waals surface area contributed by atoms with Gasteiger partial charge in [0, 0.05) is 30.4 Å². The highest BCUT2D eigenvalue weighted by atomic mass is 35.5. The number of rotatable bonds is 3. The van der Waals surface area contributed by atoms with E-state index in [0.29, 0.717) is 37.2 Å². The maximum atomic E-state index is 12.3. The number of nitrogens with one attached hydrogen (secondary N) is 1. The fourth-order valence-corrected chi connectivity index (χ4v) is 2.44. The Kier molecular flexibility index (Phi) is 6.49. The molecule has 2 rings (SSSR count). The first kappa shape index (κ1) is 18.6. The monoisotopic (exact) mass is 337 g/mol. The van der Waals surface area contributed by atoms with Crippen LogP contribution in [0.5, 0.6) is 0 Å². The Labute approximate surface area is 133 Å². The molecule has 0 bridgehead atoms. The Bertz CT molecular complexity index is 502. The lowest BCUT2D eigenvalue weighted by molar-refractivity contribution is -0.148. The number of hydrogen-bond acceptors (Lipinski definition) is 3. The maximum Gasteiger partial charge on any atom is 0.401 e. The van der Waals surface area contributed by atoms with Crippen molar-refractivity contribution >= 4 is 24.0 Å². The third-order valence-electron chi connectivity index (χ3n) is 3.47. The molecule has 1 saturated heterocycles. The van der Waals surface area contributed by atoms with E-state index < -0.39 is 12.7 Å². The molecule has 0 spiro atoms. The van der Waals surface area contributed by atoms with Gasteiger partial charge in [-0.15, -0.1) is 12.4 Å². The highest BCUT2D eigenvalue weighted by Crippen LogP contribution is 2.20. The highest BCUT2D eigenvalue weighted by molar-refractivity contribution is 5.95. The van der Waals surface area contributed by atoms with Crippen molar-refractivity contribution in [2.24, 2.45) is 0 Å². The van der Waals surface area contributed by atoms with Crippen LogP contribution < -0.4 is 11.1 Å². The lowest BCUT2D eigenvalue weighted by atomic mass is 10.0. The summed E-state index contributed by atoms with van der Waals surface area (Å²) in [6.45, 7) is -0.217. The van der Waals surface area contributed by atoms with Gasteiger partial charge in [0.05, 0.1) is 6.54 Å². The van der Waals surface area contributed by atoms with Crippen LogP contribution in [0.25, 0.3) is 0 Å². The zero-order valence-electron chi connectivity index (χ0n) is 11.9. The Hall–Kier alpha value is -1.47. The quantitative estimate of drug-likeness (QED) is 0.833. The van der Waals surface area contributed by atoms with Crippen LogP contribution in [0.3, 0.4) is 0 Å². The van der Waals surface area contributed by atoms with Gasteiger partial charge in [-0.05, 0) is 31.0 Å². The predicted octanol–water partition coefficient (Wildman–Crippen LogP) is 2.45. The number of carbonyl (C=O) groups is 1. The number of nitrogen functional groups attached to an aromatic ring is 1. The van der Waals surface area contributed by atoms with Gasteiger partial charge in [0.25, 0.3) is 5.91 Å². The summed E-state index contributed by atoms with van der Waals surface area (Å²) < 4.78 is 36.9. The van der Waals surface area contributed by atoms with E-state index in [1.807, 2.05) is 0 Å². The van der Waals surface area contributed by atoms with Gasteiger partial charge in [0.15, 0.2) is 0 Å². The van der Waals surface area contributed by atoms with Crippen molar-refractivity contribution in [3.05, 3.63) is 29.8 Å². The van der Waals surface area contributed by atoms with Gasteiger partial charge in [-0.25, -0.2) is 0 Å². The number of carbonyl (C=O) groups excluding carboxylic acids is 1. The van der Waals surface area contributed by atoms with E-state index in [4.69, 9.17) is 5.73 Å². The van der Waals surface area contributed by atoms with E-state index in [1.165, 1.54) is 4.90 Å². The summed E-state index contributed by atoms with van der Waals surface area (Å²) in [5, 5.41) is 2.84. The van der Waals surface area contributed by atoms with Gasteiger partial charge in [-0.3, -0.25) is 9.69 Å². The van der Waals surface area contributed by atoms with E-state index in [2.05, 4.69) is 5.32 Å². The third kappa shape index (κ3) is 5.73. The maximum absolute atomic E-state index is 12.3. The first-order chi connectivity index (χ1) is 9.83. The molecule has 1 aliphatic heterocycles. The van der Waals surface area contributed by atoms with Crippen LogP contribution in [-0.4, -0.2) is 42.7 Å². The first-order valence-electron chi connectivity index (χ1n) is 6.79. The van der Waals surface area contributed by atoms with Gasteiger partial charge in [0.2, 0.25) is 0 Å². The fraction of sp³-hybridized carbons (Fsp3) is 0.500. The molecule has 1 aliphatic rings. The number of halogens is 4. The molecule has 8 heteroatoms. The molecule has 0 aromatic heterocycles. The third-order valence-corrected chi connectivity index (χ3v) is 3.47. The SMILES string of the molecule is Cl.Nc1cccc(C(=O)NC2CCN(CC(F)(F)F)CC2)c1. The Morgan fingerprint density at radius 2 is 1.95 bits per heavy atom. The molecule has 0 saturated carbocycles. The molecule has 0 aliphatic carbocycles. The number of benzene rings is 1. The Balaban J connectivity index is 0.00000242. The summed E-state index contributed by atoms with van der Waals surface area (Å²) in [4.78, 5) is 13.4. The smallest absolute Gasteiger partial charge is 0.399 e. The van der Waals surface area contributed by atoms with Crippen LogP contribution in [0.4, 0.5) is 18.9 Å². The summed E-state index contributed by atoms with van der Waals surface area (Å²) in [5.41, 5.74) is 6.58. The molecule has 4 nitrogen and oxygen atoms in total. The van der Waals surface area contributed by atoms with Crippen LogP contribution in [0.15, 0.2) is 24.3 Å². The number of amides is 1. The number of alkyl halides is 3. The van der Waals surface area contributed by atoms with Crippen molar-refractivity contribution < 1.29 is 18.0 Å². The van der Waals surface area contributed by atoms with Crippen LogP contribution in [0, 0.1) is 0 Å². The molecule has 1 aromatic rings. The minimum absolute atomic E-state index is 0. The molecule has 1 aromatic carbocycles. The van der Waals surface area contributed by atoms with E-state index in [0.717, 1.165) is 0 Å². The van der Waals surface area contributed by atoms with Crippen LogP contribution in [0.1, 0.15) is 23.2 Å². The molecular formula is C14H19ClF3N3O. The predicted molar refractivity (Wildman–Crippen MR) is 81.1 cm³/mol. The zero-order chi connectivity index (χ0) is 15.5. The van der Waals surface area contributed by atoms with Crippen LogP contribution in [0.2, 0.25) is 0 Å². The van der Waals surface area contributed by atoms with Crippen molar-refractivity contribution in [3.8, 4) is 0 Å². The van der Waals surface area contributed by atoms with E-state index >= 15 is 0 Å². The normalized spacial score (nSPS) is 16.9. The highest BCUT2D eigenvalue weighted by Gasteiger charge is 2.32. The van der Waals surface area contributed by atoms with Crippen LogP contribution in [-0.2, 0) is 0 Å². The lowest BCUT2D eigenvalue weighted by Gasteiger charge is -2.32. The van der Waals surface area contributed by atoms with Crippen molar-refractivity contribution in [1.29, 1.82) is 0 Å². The molecule has 0 atom stereocenters. The van der Waals surface area contributed by atoms with Gasteiger partial charge in [0.1, 0.15) is 0 Å². The minimum atomic E-state index is -4.17. The van der Waals surface area contributed by atoms with Crippen molar-refractivity contribution in [1.82, 2.24) is 10.2 Å². The molecule has 0 radical (unpaired) electrons. The van der Waals surface area contributed by atoms with Crippen molar-refractivity contribution in [2.45, 2.75) is 25.1 Å². The van der Waals surface area contributed by atoms with Gasteiger partial charge in [-0.1, -0.05) is 6.07 Å². The molecule has 1 amide bonds. The molecular weight excluding hydrogens is 319 g/mol. The van der Waals surface area contributed by atoms with Crippen LogP contribution >= 0.6 is 12.4 Å². The molecule has 1 heterocycles. The summed E-state index contributed by atoms with van der Waals surface area (Å²) in [7, 11) is 0. The number of anilines is 1. The molecule has 124 valence electrons. The van der Waals surface area contributed by atoms with Crippen molar-refractivity contribution in [2.75, 3.05) is 25.4 Å². The Morgan fingerprint density at radius 1 is 1.32 bits per heavy atom. The van der Waals surface area contributed by atoms with E-state index in [1.54, 1.807) is 24.3 Å². The average Bonchev–Trinajstić information content (AvgIpc) is 2.39. The molecule has 1 fully saturated rings. The zero-order valence-corrected chi connectivity index (χ0v) is 12.7. The van der Waals surface area contributed by atoms with Gasteiger partial charge < -0.3 is 11.1 Å². The molecule has 22 heavy (non-hydrogen) atoms. The summed E-state index contributed by atoms with van der Waals surface area (Å²) in [5.74, 6) is -0.239. The second-order valence-corrected chi connectivity index (χ2v) is 5.26. The standard InChI is InChI=1S/C14H18F3N3O.ClH/c15-14(16,17)9-20-6-4-12(5-7-20)19-13(21)10-2-1-3-11(18)8-10;/h1-3,8,12H,4-7,9,18H2,(H,19,21);1H. The number of nitrogens with zero attached hydrogens (tertiary/aromatic N) is 1. The number of nitrogens with two attached hydrogens (primary N) is 1. The average molecular weight is 338 g/mol. The Morgan fingerprint density at radius 3 is 2.50 bits per heavy atom. The second-order valence-electron chi connectivity index (χ2n) is 5.26. The summed E-state index contributed by atoms with van der Waals surface area (Å²) in [6, 6.07) is 6.52. The second kappa shape index (κ2) is 7.69. The fourth-order valence-electron chi connectivity index (χ4n) is 2.44. The van der Waals surface area contributed by atoms with Gasteiger partial charge >= 0.3 is 6.18 Å². The lowest BCUT2D eigenvalue weighted by Crippen LogP contribution is -2.47. The van der Waals surface area contributed by atoms with E-state index in [-0.39, 0.29) is 24.4 Å². The van der Waals surface area contributed by atoms with Gasteiger partial charge in [-0.2, -0.15) is 13.2 Å². The first-order valence-corrected chi connectivity index (χ1v) is 6.79. The molecule has 0 unspecified atom stereocenters. The number of hydrogen-bond donors (Lipinski definition) is 2. The summed E-state index contributed by atoms with van der Waals surface area (Å²) in [6.07, 6.45) is -3.13. The minimum Gasteiger partial charge on any atom is -0.399 e. The largest absolute Gasteiger partial charge is 0.401 e. The number of piperidine rings is 1. The van der Waals surface area contributed by atoms with Crippen molar-refractivity contribution in [3.63, 3.8) is 0 Å². The topological polar surface area (TPSA) is 58.4 Å². The molecule has 3 N–H and O–H groups in total. The summed E-state index contributed by atoms with van der Waals surface area (Å²) >= 11 is 0. The van der Waals surface area contributed by atoms with E-state index in [9.17, 15) is 18.0 Å². The number of likely N-dealkylation sites (tertiary alicyclic amines) is 1.